The maximum Gasteiger partial charge on any atom is 0.224 e. The van der Waals surface area contributed by atoms with Gasteiger partial charge in [-0.3, -0.25) is 19.4 Å². The number of hydrogen-bond acceptors (Lipinski definition) is 8. The molecule has 1 fully saturated rings. The van der Waals surface area contributed by atoms with Crippen molar-refractivity contribution < 1.29 is 4.79 Å². The zero-order chi connectivity index (χ0) is 27.1. The molecule has 0 unspecified atom stereocenters. The molecule has 0 spiro atoms. The van der Waals surface area contributed by atoms with Crippen LogP contribution in [-0.2, 0) is 4.79 Å². The number of nitrogens with one attached hydrogen (secondary N) is 4. The number of anilines is 1. The largest absolute Gasteiger partial charge is 0.336 e. The lowest BCUT2D eigenvalue weighted by Crippen LogP contribution is -2.30. The van der Waals surface area contributed by atoms with E-state index in [2.05, 4.69) is 40.8 Å². The summed E-state index contributed by atoms with van der Waals surface area (Å²) in [6, 6.07) is 7.61. The highest BCUT2D eigenvalue weighted by Gasteiger charge is 2.19. The lowest BCUT2D eigenvalue weighted by molar-refractivity contribution is -0.117. The van der Waals surface area contributed by atoms with Crippen LogP contribution in [0.4, 0.5) is 5.69 Å². The Morgan fingerprint density at radius 3 is 2.83 bits per heavy atom. The first-order valence-electron chi connectivity index (χ1n) is 13.3. The predicted octanol–water partition coefficient (Wildman–Crippen LogP) is 3.78. The van der Waals surface area contributed by atoms with E-state index in [0.29, 0.717) is 52.1 Å². The van der Waals surface area contributed by atoms with Gasteiger partial charge in [0.1, 0.15) is 17.4 Å². The number of carbonyl (C=O) groups excluding carboxylic acids is 1. The summed E-state index contributed by atoms with van der Waals surface area (Å²) in [5.74, 6) is 1.68. The van der Waals surface area contributed by atoms with E-state index in [9.17, 15) is 4.79 Å². The number of nitrogens with zero attached hydrogens (tertiary/aromatic N) is 7. The summed E-state index contributed by atoms with van der Waals surface area (Å²) in [6.07, 6.45) is 11.3. The Hall–Kier alpha value is -4.97. The fourth-order valence-corrected chi connectivity index (χ4v) is 5.19. The van der Waals surface area contributed by atoms with Crippen molar-refractivity contribution in [1.82, 2.24) is 50.0 Å². The number of aromatic nitrogens is 9. The topological polar surface area (TPSA) is 155 Å². The monoisotopic (exact) mass is 533 g/mol. The van der Waals surface area contributed by atoms with Crippen LogP contribution in [0.15, 0.2) is 55.4 Å². The molecule has 6 aromatic heterocycles. The van der Waals surface area contributed by atoms with Crippen molar-refractivity contribution in [3.8, 4) is 28.6 Å². The summed E-state index contributed by atoms with van der Waals surface area (Å²) >= 11 is 0. The number of aromatic amines is 2. The first-order chi connectivity index (χ1) is 19.6. The van der Waals surface area contributed by atoms with E-state index in [-0.39, 0.29) is 5.91 Å². The van der Waals surface area contributed by atoms with Crippen LogP contribution in [0.2, 0.25) is 0 Å². The summed E-state index contributed by atoms with van der Waals surface area (Å²) in [7, 11) is 0. The number of piperidine rings is 1. The fourth-order valence-electron chi connectivity index (χ4n) is 5.19. The van der Waals surface area contributed by atoms with Gasteiger partial charge in [0, 0.05) is 30.6 Å². The van der Waals surface area contributed by atoms with Gasteiger partial charge in [0.15, 0.2) is 17.3 Å². The lowest BCUT2D eigenvalue weighted by Gasteiger charge is -2.21. The van der Waals surface area contributed by atoms with Crippen molar-refractivity contribution in [3.63, 3.8) is 0 Å². The smallest absolute Gasteiger partial charge is 0.224 e. The molecule has 0 aliphatic carbocycles. The Balaban J connectivity index is 1.19. The molecule has 1 amide bonds. The van der Waals surface area contributed by atoms with Crippen LogP contribution in [0.1, 0.15) is 25.0 Å². The van der Waals surface area contributed by atoms with Crippen molar-refractivity contribution >= 4 is 33.7 Å². The Kier molecular flexibility index (Phi) is 6.00. The highest BCUT2D eigenvalue weighted by atomic mass is 16.1. The molecule has 4 N–H and O–H groups in total. The summed E-state index contributed by atoms with van der Waals surface area (Å²) in [6.45, 7) is 3.87. The Labute approximate surface area is 228 Å². The van der Waals surface area contributed by atoms with E-state index < -0.39 is 0 Å². The standard InChI is InChI=1S/C28H27N11O/c1-16-14-39(15-32-16)28-25-21(6-9-31-28)35-27(36-25)26-24-22(37-38-26)3-2-20(34-24)18-11-19(13-30-12-18)33-23(40)10-17-4-7-29-8-5-17/h2-3,6,9,11-15,17,29H,4-5,7-8,10H2,1H3,(H,33,40)(H,35,36)(H,37,38). The minimum atomic E-state index is 0.0102. The summed E-state index contributed by atoms with van der Waals surface area (Å²) in [5.41, 5.74) is 6.63. The van der Waals surface area contributed by atoms with Crippen LogP contribution in [0.5, 0.6) is 0 Å². The number of aryl methyl sites for hydroxylation is 1. The molecule has 12 heteroatoms. The summed E-state index contributed by atoms with van der Waals surface area (Å²) in [5, 5.41) is 13.9. The second kappa shape index (κ2) is 9.97. The molecule has 7 rings (SSSR count). The van der Waals surface area contributed by atoms with Gasteiger partial charge in [0.25, 0.3) is 0 Å². The van der Waals surface area contributed by atoms with E-state index in [4.69, 9.17) is 9.97 Å². The number of carbonyl (C=O) groups is 1. The van der Waals surface area contributed by atoms with Gasteiger partial charge in [-0.05, 0) is 63.0 Å². The molecular formula is C28H27N11O. The molecule has 7 heterocycles. The number of pyridine rings is 3. The van der Waals surface area contributed by atoms with Gasteiger partial charge in [-0.1, -0.05) is 0 Å². The van der Waals surface area contributed by atoms with Crippen LogP contribution in [0, 0.1) is 12.8 Å². The number of imidazole rings is 2. The van der Waals surface area contributed by atoms with E-state index in [0.717, 1.165) is 48.2 Å². The molecule has 0 atom stereocenters. The Morgan fingerprint density at radius 2 is 1.98 bits per heavy atom. The average molecular weight is 534 g/mol. The number of hydrogen-bond donors (Lipinski definition) is 4. The molecule has 200 valence electrons. The molecular weight excluding hydrogens is 506 g/mol. The summed E-state index contributed by atoms with van der Waals surface area (Å²) < 4.78 is 1.85. The van der Waals surface area contributed by atoms with Crippen molar-refractivity contribution in [3.05, 3.63) is 61.1 Å². The fraction of sp³-hybridized carbons (Fsp3) is 0.250. The maximum absolute atomic E-state index is 12.7. The van der Waals surface area contributed by atoms with E-state index >= 15 is 0 Å². The normalized spacial score (nSPS) is 14.2. The van der Waals surface area contributed by atoms with Gasteiger partial charge in [-0.15, -0.1) is 0 Å². The number of fused-ring (bicyclic) bond motifs is 2. The SMILES string of the molecule is Cc1cn(-c2nccc3[nH]c(-c4n[nH]c5ccc(-c6cncc(NC(=O)CC7CCNCC7)c6)nc45)nc23)cn1. The first kappa shape index (κ1) is 24.1. The van der Waals surface area contributed by atoms with Crippen LogP contribution in [0.25, 0.3) is 50.7 Å². The molecule has 1 aliphatic heterocycles. The van der Waals surface area contributed by atoms with Crippen molar-refractivity contribution in [2.24, 2.45) is 5.92 Å². The van der Waals surface area contributed by atoms with Crippen molar-refractivity contribution in [1.29, 1.82) is 0 Å². The molecule has 0 saturated carbocycles. The third-order valence-corrected chi connectivity index (χ3v) is 7.22. The van der Waals surface area contributed by atoms with Gasteiger partial charge in [-0.2, -0.15) is 5.10 Å². The zero-order valence-electron chi connectivity index (χ0n) is 21.8. The highest BCUT2D eigenvalue weighted by molar-refractivity contribution is 5.93. The molecule has 1 aliphatic rings. The van der Waals surface area contributed by atoms with Crippen LogP contribution in [0.3, 0.4) is 0 Å². The molecule has 1 saturated heterocycles. The van der Waals surface area contributed by atoms with Gasteiger partial charge in [0.05, 0.1) is 34.3 Å². The first-order valence-corrected chi connectivity index (χ1v) is 13.3. The van der Waals surface area contributed by atoms with Crippen LogP contribution < -0.4 is 10.6 Å². The lowest BCUT2D eigenvalue weighted by atomic mass is 9.94. The number of H-pyrrole nitrogens is 2. The Morgan fingerprint density at radius 1 is 1.07 bits per heavy atom. The van der Waals surface area contributed by atoms with Gasteiger partial charge in [-0.25, -0.2) is 19.9 Å². The van der Waals surface area contributed by atoms with E-state index in [1.54, 1.807) is 24.9 Å². The summed E-state index contributed by atoms with van der Waals surface area (Å²) in [4.78, 5) is 38.9. The van der Waals surface area contributed by atoms with Gasteiger partial charge >= 0.3 is 0 Å². The molecule has 12 nitrogen and oxygen atoms in total. The second-order valence-corrected chi connectivity index (χ2v) is 10.1. The van der Waals surface area contributed by atoms with Crippen LogP contribution >= 0.6 is 0 Å². The molecule has 40 heavy (non-hydrogen) atoms. The average Bonchev–Trinajstić information content (AvgIpc) is 3.71. The molecule has 0 aromatic carbocycles. The van der Waals surface area contributed by atoms with Crippen molar-refractivity contribution in [2.45, 2.75) is 26.2 Å². The van der Waals surface area contributed by atoms with E-state index in [1.165, 1.54) is 0 Å². The van der Waals surface area contributed by atoms with Crippen LogP contribution in [-0.4, -0.2) is 63.7 Å². The Bertz CT molecular complexity index is 1840. The third kappa shape index (κ3) is 4.58. The zero-order valence-corrected chi connectivity index (χ0v) is 21.8. The predicted molar refractivity (Wildman–Crippen MR) is 151 cm³/mol. The van der Waals surface area contributed by atoms with Crippen molar-refractivity contribution in [2.75, 3.05) is 18.4 Å². The van der Waals surface area contributed by atoms with Gasteiger partial charge in [0.2, 0.25) is 5.91 Å². The van der Waals surface area contributed by atoms with Gasteiger partial charge < -0.3 is 15.6 Å². The minimum Gasteiger partial charge on any atom is -0.336 e. The molecule has 6 aromatic rings. The second-order valence-electron chi connectivity index (χ2n) is 10.1. The molecule has 0 radical (unpaired) electrons. The van der Waals surface area contributed by atoms with E-state index in [1.807, 2.05) is 42.0 Å². The third-order valence-electron chi connectivity index (χ3n) is 7.22. The highest BCUT2D eigenvalue weighted by Crippen LogP contribution is 2.29. The quantitative estimate of drug-likeness (QED) is 0.252. The molecule has 0 bridgehead atoms. The maximum atomic E-state index is 12.7. The number of amides is 1. The number of rotatable bonds is 6. The minimum absolute atomic E-state index is 0.0102.